The molecule has 0 aliphatic heterocycles. The number of phenolic OH excluding ortho intramolecular Hbond substituents is 2. The maximum absolute atomic E-state index is 10.1. The van der Waals surface area contributed by atoms with Crippen LogP contribution < -0.4 is 9.68 Å². The molecule has 25 heavy (non-hydrogen) atoms. The van der Waals surface area contributed by atoms with Crippen LogP contribution in [-0.2, 0) is 0 Å². The van der Waals surface area contributed by atoms with Gasteiger partial charge < -0.3 is 19.9 Å². The molecule has 7 nitrogen and oxygen atoms in total. The Morgan fingerprint density at radius 3 is 2.20 bits per heavy atom. The first kappa shape index (κ1) is 18.7. The molecule has 0 unspecified atom stereocenters. The Kier molecular flexibility index (Phi) is 6.76. The number of aromatic hydroxyl groups is 2. The second kappa shape index (κ2) is 9.03. The number of nitrogens with zero attached hydrogens (tertiary/aromatic N) is 3. The first-order valence-corrected chi connectivity index (χ1v) is 7.00. The van der Waals surface area contributed by atoms with Gasteiger partial charge in [-0.1, -0.05) is 12.1 Å². The van der Waals surface area contributed by atoms with E-state index < -0.39 is 0 Å². The summed E-state index contributed by atoms with van der Waals surface area (Å²) in [4.78, 5) is 14.1. The van der Waals surface area contributed by atoms with Crippen molar-refractivity contribution in [1.29, 1.82) is 0 Å². The number of hydrogen-bond donors (Lipinski definition) is 2. The Hall–Kier alpha value is -2.61. The van der Waals surface area contributed by atoms with Gasteiger partial charge in [-0.05, 0) is 36.4 Å². The van der Waals surface area contributed by atoms with Crippen LogP contribution in [0.25, 0.3) is 11.3 Å². The maximum Gasteiger partial charge on any atom is 0.163 e. The van der Waals surface area contributed by atoms with Gasteiger partial charge >= 0.3 is 0 Å². The summed E-state index contributed by atoms with van der Waals surface area (Å²) in [6.07, 6.45) is 1.64. The average molecular weight is 346 g/mol. The zero-order chi connectivity index (χ0) is 16.8. The van der Waals surface area contributed by atoms with E-state index in [-0.39, 0.29) is 46.8 Å². The van der Waals surface area contributed by atoms with Crippen molar-refractivity contribution in [3.63, 3.8) is 0 Å². The molecule has 8 heteroatoms. The fraction of sp³-hybridized carbons (Fsp3) is 0. The predicted octanol–water partition coefficient (Wildman–Crippen LogP) is 3.52. The standard InChI is InChI=1S/C17H13N3O4.Na/c21-12-4-3-5-13(10-12)23-19-20-24-14-7-8-15(17(22)11-14)16-6-1-2-9-18-16;/h1-11,21-22H;. The van der Waals surface area contributed by atoms with Crippen molar-refractivity contribution in [2.24, 2.45) is 10.6 Å². The van der Waals surface area contributed by atoms with Crippen molar-refractivity contribution < 1.29 is 19.9 Å². The van der Waals surface area contributed by atoms with E-state index in [0.29, 0.717) is 17.0 Å². The fourth-order valence-corrected chi connectivity index (χ4v) is 1.97. The Morgan fingerprint density at radius 1 is 0.800 bits per heavy atom. The van der Waals surface area contributed by atoms with E-state index in [1.807, 2.05) is 6.07 Å². The number of hydrogen-bond acceptors (Lipinski definition) is 7. The van der Waals surface area contributed by atoms with Crippen molar-refractivity contribution in [3.8, 4) is 34.3 Å². The summed E-state index contributed by atoms with van der Waals surface area (Å²) in [5, 5.41) is 26.1. The van der Waals surface area contributed by atoms with Gasteiger partial charge in [0.1, 0.15) is 11.5 Å². The SMILES string of the molecule is Oc1cccc(ON=NOc2ccc(-c3ccccn3)c(O)c2)c1.[Na]. The van der Waals surface area contributed by atoms with Crippen LogP contribution in [0.1, 0.15) is 0 Å². The Balaban J connectivity index is 0.00000225. The summed E-state index contributed by atoms with van der Waals surface area (Å²) >= 11 is 0. The van der Waals surface area contributed by atoms with Crippen LogP contribution >= 0.6 is 0 Å². The van der Waals surface area contributed by atoms with Crippen molar-refractivity contribution in [3.05, 3.63) is 66.9 Å². The molecule has 0 atom stereocenters. The molecule has 0 saturated carbocycles. The molecule has 3 aromatic rings. The normalized spacial score (nSPS) is 10.2. The van der Waals surface area contributed by atoms with E-state index in [2.05, 4.69) is 15.5 Å². The summed E-state index contributed by atoms with van der Waals surface area (Å²) in [5.74, 6) is 0.667. The van der Waals surface area contributed by atoms with Crippen molar-refractivity contribution >= 4 is 29.6 Å². The number of phenols is 2. The third-order valence-electron chi connectivity index (χ3n) is 3.05. The van der Waals surface area contributed by atoms with Gasteiger partial charge in [0.15, 0.2) is 11.5 Å². The van der Waals surface area contributed by atoms with Gasteiger partial charge in [0.2, 0.25) is 0 Å². The van der Waals surface area contributed by atoms with Gasteiger partial charge in [-0.25, -0.2) is 0 Å². The molecule has 0 aliphatic rings. The molecule has 0 aliphatic carbocycles. The minimum absolute atomic E-state index is 0. The van der Waals surface area contributed by atoms with Crippen LogP contribution in [0.5, 0.6) is 23.0 Å². The van der Waals surface area contributed by atoms with Gasteiger partial charge in [-0.15, -0.1) is 0 Å². The molecule has 1 radical (unpaired) electrons. The molecule has 0 saturated heterocycles. The molecular weight excluding hydrogens is 333 g/mol. The number of rotatable bonds is 5. The largest absolute Gasteiger partial charge is 0.508 e. The van der Waals surface area contributed by atoms with Gasteiger partial charge in [0.25, 0.3) is 0 Å². The van der Waals surface area contributed by atoms with Gasteiger partial charge in [0.05, 0.1) is 16.2 Å². The summed E-state index contributed by atoms with van der Waals surface area (Å²) in [7, 11) is 0. The monoisotopic (exact) mass is 346 g/mol. The Labute approximate surface area is 165 Å². The van der Waals surface area contributed by atoms with Crippen LogP contribution in [0.2, 0.25) is 0 Å². The van der Waals surface area contributed by atoms with Gasteiger partial charge in [-0.3, -0.25) is 4.98 Å². The first-order valence-electron chi connectivity index (χ1n) is 7.00. The maximum atomic E-state index is 10.1. The van der Waals surface area contributed by atoms with E-state index in [4.69, 9.17) is 9.68 Å². The van der Waals surface area contributed by atoms with E-state index in [0.717, 1.165) is 0 Å². The van der Waals surface area contributed by atoms with Crippen LogP contribution in [0.15, 0.2) is 77.4 Å². The van der Waals surface area contributed by atoms with Crippen molar-refractivity contribution in [2.45, 2.75) is 0 Å². The molecule has 0 fully saturated rings. The molecule has 0 amide bonds. The number of benzene rings is 2. The van der Waals surface area contributed by atoms with Crippen LogP contribution in [0.4, 0.5) is 0 Å². The second-order valence-corrected chi connectivity index (χ2v) is 4.74. The van der Waals surface area contributed by atoms with Crippen LogP contribution in [0, 0.1) is 0 Å². The third-order valence-corrected chi connectivity index (χ3v) is 3.05. The second-order valence-electron chi connectivity index (χ2n) is 4.74. The minimum Gasteiger partial charge on any atom is -0.508 e. The summed E-state index contributed by atoms with van der Waals surface area (Å²) in [6.45, 7) is 0. The summed E-state index contributed by atoms with van der Waals surface area (Å²) < 4.78 is 0. The Bertz CT molecular complexity index is 860. The number of pyridine rings is 1. The van der Waals surface area contributed by atoms with Crippen LogP contribution in [0.3, 0.4) is 0 Å². The fourth-order valence-electron chi connectivity index (χ4n) is 1.97. The van der Waals surface area contributed by atoms with E-state index in [1.165, 1.54) is 18.2 Å². The molecular formula is C17H13N3NaO4. The molecule has 1 aromatic heterocycles. The van der Waals surface area contributed by atoms with E-state index in [9.17, 15) is 10.2 Å². The third kappa shape index (κ3) is 5.18. The molecule has 2 aromatic carbocycles. The summed E-state index contributed by atoms with van der Waals surface area (Å²) in [5.41, 5.74) is 1.23. The van der Waals surface area contributed by atoms with E-state index in [1.54, 1.807) is 42.6 Å². The molecule has 3 rings (SSSR count). The zero-order valence-electron chi connectivity index (χ0n) is 13.4. The van der Waals surface area contributed by atoms with Crippen LogP contribution in [-0.4, -0.2) is 44.8 Å². The molecule has 1 heterocycles. The predicted molar refractivity (Wildman–Crippen MR) is 91.3 cm³/mol. The molecule has 0 spiro atoms. The van der Waals surface area contributed by atoms with Crippen molar-refractivity contribution in [1.82, 2.24) is 4.98 Å². The topological polar surface area (TPSA) is 96.5 Å². The zero-order valence-corrected chi connectivity index (χ0v) is 15.4. The molecule has 2 N–H and O–H groups in total. The van der Waals surface area contributed by atoms with Crippen molar-refractivity contribution in [2.75, 3.05) is 0 Å². The smallest absolute Gasteiger partial charge is 0.163 e. The number of aromatic nitrogens is 1. The summed E-state index contributed by atoms with van der Waals surface area (Å²) in [6, 6.07) is 16.2. The average Bonchev–Trinajstić information content (AvgIpc) is 2.60. The quantitative estimate of drug-likeness (QED) is 0.419. The van der Waals surface area contributed by atoms with E-state index >= 15 is 0 Å². The minimum atomic E-state index is 0. The van der Waals surface area contributed by atoms with Gasteiger partial charge in [0, 0.05) is 53.5 Å². The molecule has 0 bridgehead atoms. The first-order chi connectivity index (χ1) is 11.7. The molecule has 121 valence electrons. The Morgan fingerprint density at radius 2 is 1.56 bits per heavy atom. The van der Waals surface area contributed by atoms with Gasteiger partial charge in [-0.2, -0.15) is 0 Å².